The van der Waals surface area contributed by atoms with Gasteiger partial charge in [-0.3, -0.25) is 14.4 Å². The summed E-state index contributed by atoms with van der Waals surface area (Å²) >= 11 is 1.13. The summed E-state index contributed by atoms with van der Waals surface area (Å²) in [5.74, 6) is -0.877. The molecule has 0 aliphatic carbocycles. The van der Waals surface area contributed by atoms with Crippen molar-refractivity contribution < 1.29 is 14.7 Å². The van der Waals surface area contributed by atoms with Crippen LogP contribution in [0.4, 0.5) is 0 Å². The van der Waals surface area contributed by atoms with Gasteiger partial charge in [0.05, 0.1) is 16.7 Å². The van der Waals surface area contributed by atoms with Crippen LogP contribution in [-0.4, -0.2) is 33.5 Å². The molecule has 2 aromatic rings. The lowest BCUT2D eigenvalue weighted by atomic mass is 10.2. The molecule has 2 rings (SSSR count). The van der Waals surface area contributed by atoms with Crippen molar-refractivity contribution in [1.82, 2.24) is 15.3 Å². The number of carbonyl (C=O) groups excluding carboxylic acids is 1. The monoisotopic (exact) mass is 295 g/mol. The minimum absolute atomic E-state index is 0.0463. The molecule has 0 aliphatic heterocycles. The lowest BCUT2D eigenvalue weighted by Gasteiger charge is -2.01. The molecular formula is C12H13N3O4S. The maximum Gasteiger partial charge on any atom is 0.305 e. The fraction of sp³-hybridized carbons (Fsp3) is 0.333. The van der Waals surface area contributed by atoms with Gasteiger partial charge in [-0.2, -0.15) is 0 Å². The maximum atomic E-state index is 12.0. The number of hydrogen-bond acceptors (Lipinski definition) is 5. The Kier molecular flexibility index (Phi) is 3.84. The average molecular weight is 295 g/mol. The number of aromatic amines is 1. The Labute approximate surface area is 117 Å². The minimum Gasteiger partial charge on any atom is -0.481 e. The molecule has 0 radical (unpaired) electrons. The molecule has 0 saturated carbocycles. The number of aryl methyl sites for hydroxylation is 2. The van der Waals surface area contributed by atoms with Gasteiger partial charge in [-0.1, -0.05) is 0 Å². The molecule has 8 heteroatoms. The number of rotatable bonds is 4. The second-order valence-electron chi connectivity index (χ2n) is 4.29. The van der Waals surface area contributed by atoms with E-state index in [2.05, 4.69) is 15.3 Å². The number of carboxylic acids is 1. The molecule has 20 heavy (non-hydrogen) atoms. The normalized spacial score (nSPS) is 10.7. The molecule has 0 spiro atoms. The van der Waals surface area contributed by atoms with Gasteiger partial charge in [-0.05, 0) is 19.4 Å². The lowest BCUT2D eigenvalue weighted by molar-refractivity contribution is -0.136. The second kappa shape index (κ2) is 5.41. The predicted molar refractivity (Wildman–Crippen MR) is 74.3 cm³/mol. The summed E-state index contributed by atoms with van der Waals surface area (Å²) < 4.78 is 0. The summed E-state index contributed by atoms with van der Waals surface area (Å²) in [5, 5.41) is 11.5. The largest absolute Gasteiger partial charge is 0.481 e. The Morgan fingerprint density at radius 2 is 2.10 bits per heavy atom. The van der Waals surface area contributed by atoms with Gasteiger partial charge in [0.25, 0.3) is 11.5 Å². The molecule has 3 N–H and O–H groups in total. The van der Waals surface area contributed by atoms with Crippen molar-refractivity contribution in [2.75, 3.05) is 6.54 Å². The summed E-state index contributed by atoms with van der Waals surface area (Å²) in [5.41, 5.74) is 0.289. The third-order valence-corrected chi connectivity index (χ3v) is 3.93. The number of H-pyrrole nitrogens is 1. The van der Waals surface area contributed by atoms with E-state index in [9.17, 15) is 14.4 Å². The number of nitrogens with zero attached hydrogens (tertiary/aromatic N) is 1. The number of carboxylic acid groups (broad SMARTS) is 1. The highest BCUT2D eigenvalue weighted by molar-refractivity contribution is 7.20. The molecular weight excluding hydrogens is 282 g/mol. The molecule has 0 aromatic carbocycles. The number of carbonyl (C=O) groups is 2. The molecule has 1 amide bonds. The molecule has 2 aromatic heterocycles. The number of aromatic nitrogens is 2. The van der Waals surface area contributed by atoms with E-state index in [1.54, 1.807) is 13.8 Å². The van der Waals surface area contributed by atoms with Crippen LogP contribution in [0, 0.1) is 13.8 Å². The van der Waals surface area contributed by atoms with Crippen LogP contribution < -0.4 is 10.9 Å². The van der Waals surface area contributed by atoms with Crippen molar-refractivity contribution in [1.29, 1.82) is 0 Å². The Hall–Kier alpha value is -2.22. The number of nitrogens with one attached hydrogen (secondary N) is 2. The standard InChI is InChI=1S/C12H13N3O4S/c1-5-8-10(18)14-6(2)15-12(8)20-9(5)11(19)13-4-3-7(16)17/h3-4H2,1-2H3,(H,13,19)(H,16,17)(H,14,15,18). The van der Waals surface area contributed by atoms with Gasteiger partial charge in [0.1, 0.15) is 10.7 Å². The highest BCUT2D eigenvalue weighted by Gasteiger charge is 2.18. The smallest absolute Gasteiger partial charge is 0.305 e. The quantitative estimate of drug-likeness (QED) is 0.772. The third-order valence-electron chi connectivity index (χ3n) is 2.75. The third kappa shape index (κ3) is 2.69. The van der Waals surface area contributed by atoms with E-state index in [0.29, 0.717) is 26.5 Å². The van der Waals surface area contributed by atoms with Crippen molar-refractivity contribution in [3.63, 3.8) is 0 Å². The van der Waals surface area contributed by atoms with Gasteiger partial charge in [-0.25, -0.2) is 4.98 Å². The van der Waals surface area contributed by atoms with E-state index in [-0.39, 0.29) is 24.4 Å². The van der Waals surface area contributed by atoms with Crippen LogP contribution in [0.15, 0.2) is 4.79 Å². The van der Waals surface area contributed by atoms with Crippen molar-refractivity contribution in [3.8, 4) is 0 Å². The summed E-state index contributed by atoms with van der Waals surface area (Å²) in [4.78, 5) is 41.9. The number of fused-ring (bicyclic) bond motifs is 1. The molecule has 0 saturated heterocycles. The SMILES string of the molecule is Cc1nc2sc(C(=O)NCCC(=O)O)c(C)c2c(=O)[nH]1. The molecule has 0 atom stereocenters. The lowest BCUT2D eigenvalue weighted by Crippen LogP contribution is -2.25. The summed E-state index contributed by atoms with van der Waals surface area (Å²) in [6.07, 6.45) is -0.145. The fourth-order valence-electron chi connectivity index (χ4n) is 1.83. The first kappa shape index (κ1) is 14.2. The average Bonchev–Trinajstić information content (AvgIpc) is 2.65. The van der Waals surface area contributed by atoms with Gasteiger partial charge in [0.15, 0.2) is 0 Å². The van der Waals surface area contributed by atoms with E-state index < -0.39 is 5.97 Å². The minimum atomic E-state index is -0.980. The van der Waals surface area contributed by atoms with E-state index in [1.165, 1.54) is 0 Å². The van der Waals surface area contributed by atoms with Crippen LogP contribution in [0.2, 0.25) is 0 Å². The Bertz CT molecular complexity index is 747. The molecule has 0 aliphatic rings. The van der Waals surface area contributed by atoms with Gasteiger partial charge in [-0.15, -0.1) is 11.3 Å². The number of thiophene rings is 1. The summed E-state index contributed by atoms with van der Waals surface area (Å²) in [7, 11) is 0. The molecule has 0 unspecified atom stereocenters. The zero-order valence-corrected chi connectivity index (χ0v) is 11.8. The molecule has 0 bridgehead atoms. The summed E-state index contributed by atoms with van der Waals surface area (Å²) in [6, 6.07) is 0. The number of amides is 1. The van der Waals surface area contributed by atoms with Crippen LogP contribution >= 0.6 is 11.3 Å². The Morgan fingerprint density at radius 1 is 1.40 bits per heavy atom. The highest BCUT2D eigenvalue weighted by Crippen LogP contribution is 2.26. The number of aliphatic carboxylic acids is 1. The van der Waals surface area contributed by atoms with Gasteiger partial charge in [0, 0.05) is 6.54 Å². The van der Waals surface area contributed by atoms with Crippen LogP contribution in [0.3, 0.4) is 0 Å². The fourth-order valence-corrected chi connectivity index (χ4v) is 2.98. The first-order chi connectivity index (χ1) is 9.40. The molecule has 7 nitrogen and oxygen atoms in total. The predicted octanol–water partition coefficient (Wildman–Crippen LogP) is 0.806. The van der Waals surface area contributed by atoms with E-state index >= 15 is 0 Å². The first-order valence-corrected chi connectivity index (χ1v) is 6.72. The Morgan fingerprint density at radius 3 is 2.75 bits per heavy atom. The van der Waals surface area contributed by atoms with Crippen LogP contribution in [-0.2, 0) is 4.79 Å². The topological polar surface area (TPSA) is 112 Å². The Balaban J connectivity index is 2.33. The van der Waals surface area contributed by atoms with Crippen molar-refractivity contribution in [2.24, 2.45) is 0 Å². The zero-order valence-electron chi connectivity index (χ0n) is 10.9. The van der Waals surface area contributed by atoms with E-state index in [1.807, 2.05) is 0 Å². The molecule has 106 valence electrons. The summed E-state index contributed by atoms with van der Waals surface area (Å²) in [6.45, 7) is 3.39. The van der Waals surface area contributed by atoms with E-state index in [4.69, 9.17) is 5.11 Å². The van der Waals surface area contributed by atoms with Gasteiger partial charge >= 0.3 is 5.97 Å². The van der Waals surface area contributed by atoms with Crippen LogP contribution in [0.25, 0.3) is 10.2 Å². The van der Waals surface area contributed by atoms with Crippen molar-refractivity contribution >= 4 is 33.4 Å². The maximum absolute atomic E-state index is 12.0. The van der Waals surface area contributed by atoms with Gasteiger partial charge in [0.2, 0.25) is 0 Å². The van der Waals surface area contributed by atoms with Crippen molar-refractivity contribution in [2.45, 2.75) is 20.3 Å². The molecule has 0 fully saturated rings. The highest BCUT2D eigenvalue weighted by atomic mass is 32.1. The first-order valence-electron chi connectivity index (χ1n) is 5.90. The second-order valence-corrected chi connectivity index (χ2v) is 5.29. The van der Waals surface area contributed by atoms with Crippen LogP contribution in [0.1, 0.15) is 27.5 Å². The van der Waals surface area contributed by atoms with Gasteiger partial charge < -0.3 is 15.4 Å². The molecule has 2 heterocycles. The van der Waals surface area contributed by atoms with Crippen LogP contribution in [0.5, 0.6) is 0 Å². The number of hydrogen-bond donors (Lipinski definition) is 3. The van der Waals surface area contributed by atoms with E-state index in [0.717, 1.165) is 11.3 Å². The van der Waals surface area contributed by atoms with Crippen molar-refractivity contribution in [3.05, 3.63) is 26.6 Å². The zero-order chi connectivity index (χ0) is 14.9.